The van der Waals surface area contributed by atoms with Gasteiger partial charge < -0.3 is 29.2 Å². The first-order valence-corrected chi connectivity index (χ1v) is 17.0. The molecule has 3 aromatic carbocycles. The number of rotatable bonds is 6. The van der Waals surface area contributed by atoms with E-state index < -0.39 is 11.7 Å². The number of likely N-dealkylation sites (tertiary alicyclic amines) is 1. The summed E-state index contributed by atoms with van der Waals surface area (Å²) < 4.78 is 16.1. The maximum absolute atomic E-state index is 13.8. The van der Waals surface area contributed by atoms with Crippen molar-refractivity contribution < 1.29 is 19.1 Å². The molecule has 1 unspecified atom stereocenters. The lowest BCUT2D eigenvalue weighted by molar-refractivity contribution is 0.0420. The second-order valence-corrected chi connectivity index (χ2v) is 14.6. The van der Waals surface area contributed by atoms with Crippen molar-refractivity contribution in [1.29, 1.82) is 0 Å². The number of piperidine rings is 1. The van der Waals surface area contributed by atoms with Crippen molar-refractivity contribution >= 4 is 39.6 Å². The normalized spacial score (nSPS) is 22.6. The molecule has 10 nitrogen and oxygen atoms in total. The molecule has 5 aromatic rings. The van der Waals surface area contributed by atoms with Crippen molar-refractivity contribution in [1.82, 2.24) is 19.0 Å². The first kappa shape index (κ1) is 29.3. The quantitative estimate of drug-likeness (QED) is 0.214. The van der Waals surface area contributed by atoms with Gasteiger partial charge in [-0.25, -0.2) is 9.78 Å². The third kappa shape index (κ3) is 4.38. The maximum Gasteiger partial charge on any atom is 0.412 e. The van der Waals surface area contributed by atoms with Crippen molar-refractivity contribution in [3.05, 3.63) is 65.7 Å². The topological polar surface area (TPSA) is 117 Å². The zero-order valence-corrected chi connectivity index (χ0v) is 27.7. The smallest absolute Gasteiger partial charge is 0.412 e. The van der Waals surface area contributed by atoms with Gasteiger partial charge in [-0.3, -0.25) is 10.1 Å². The van der Waals surface area contributed by atoms with Crippen LogP contribution in [0.1, 0.15) is 55.5 Å². The van der Waals surface area contributed by atoms with Gasteiger partial charge in [0.1, 0.15) is 16.9 Å². The SMILES string of the molecule is COc1cc(C(=O)N2C[C@@H]3CC[C@@H]2C3N)cc2nc(-c3cc4cccc(-c5ccc6c(c5)C(C)(C)OC(=O)N6)c4n3CC3CC3)n(C)c12. The number of methoxy groups -OCH3 is 1. The molecule has 2 aliphatic heterocycles. The van der Waals surface area contributed by atoms with E-state index in [0.29, 0.717) is 29.7 Å². The van der Waals surface area contributed by atoms with E-state index in [4.69, 9.17) is 20.2 Å². The molecular weight excluding hydrogens is 604 g/mol. The van der Waals surface area contributed by atoms with Crippen LogP contribution in [0.15, 0.2) is 54.6 Å². The molecule has 9 rings (SSSR count). The van der Waals surface area contributed by atoms with Crippen molar-refractivity contribution in [3.63, 3.8) is 0 Å². The Kier molecular flexibility index (Phi) is 6.31. The molecule has 3 fully saturated rings. The Morgan fingerprint density at radius 3 is 2.65 bits per heavy atom. The Balaban J connectivity index is 1.18. The Morgan fingerprint density at radius 1 is 1.08 bits per heavy atom. The Morgan fingerprint density at radius 2 is 1.92 bits per heavy atom. The molecule has 3 atom stereocenters. The van der Waals surface area contributed by atoms with Gasteiger partial charge in [-0.1, -0.05) is 24.3 Å². The zero-order valence-electron chi connectivity index (χ0n) is 27.7. The third-order valence-corrected chi connectivity index (χ3v) is 11.2. The number of ether oxygens (including phenoxy) is 2. The minimum absolute atomic E-state index is 0.00395. The fourth-order valence-electron chi connectivity index (χ4n) is 8.50. The average Bonchev–Trinajstić information content (AvgIpc) is 3.45. The predicted octanol–water partition coefficient (Wildman–Crippen LogP) is 6.64. The van der Waals surface area contributed by atoms with Gasteiger partial charge in [-0.05, 0) is 87.3 Å². The number of cyclic esters (lactones) is 1. The van der Waals surface area contributed by atoms with Gasteiger partial charge in [-0.15, -0.1) is 0 Å². The minimum atomic E-state index is -0.754. The van der Waals surface area contributed by atoms with Crippen molar-refractivity contribution in [2.75, 3.05) is 19.0 Å². The lowest BCUT2D eigenvalue weighted by atomic mass is 9.91. The van der Waals surface area contributed by atoms with E-state index in [1.165, 1.54) is 12.8 Å². The van der Waals surface area contributed by atoms with Crippen LogP contribution in [0.2, 0.25) is 0 Å². The highest BCUT2D eigenvalue weighted by Crippen LogP contribution is 2.44. The average molecular weight is 645 g/mol. The van der Waals surface area contributed by atoms with Crippen molar-refractivity contribution in [3.8, 4) is 28.4 Å². The number of aryl methyl sites for hydroxylation is 1. The van der Waals surface area contributed by atoms with Gasteiger partial charge in [0, 0.05) is 54.3 Å². The van der Waals surface area contributed by atoms with Crippen molar-refractivity contribution in [2.45, 2.75) is 63.8 Å². The maximum atomic E-state index is 13.8. The number of carbonyl (C=O) groups is 2. The molecule has 2 bridgehead atoms. The number of carbonyl (C=O) groups excluding carboxylic acids is 2. The molecule has 0 radical (unpaired) electrons. The lowest BCUT2D eigenvalue weighted by Gasteiger charge is -2.32. The first-order chi connectivity index (χ1) is 23.1. The molecule has 1 saturated heterocycles. The van der Waals surface area contributed by atoms with E-state index in [1.54, 1.807) is 7.11 Å². The number of imidazole rings is 1. The number of para-hydroxylation sites is 1. The van der Waals surface area contributed by atoms with Gasteiger partial charge in [0.2, 0.25) is 0 Å². The molecule has 0 spiro atoms. The molecule has 10 heteroatoms. The van der Waals surface area contributed by atoms with Gasteiger partial charge in [-0.2, -0.15) is 0 Å². The number of nitrogens with two attached hydrogens (primary N) is 1. The van der Waals surface area contributed by atoms with Crippen LogP contribution < -0.4 is 15.8 Å². The minimum Gasteiger partial charge on any atom is -0.494 e. The Labute approximate surface area is 278 Å². The van der Waals surface area contributed by atoms with Gasteiger partial charge in [0.25, 0.3) is 5.91 Å². The summed E-state index contributed by atoms with van der Waals surface area (Å²) in [5, 5.41) is 3.97. The molecule has 246 valence electrons. The standard InChI is InChI=1S/C38H40N6O4/c1-38(2)26-14-21(10-12-27(26)41-37(46)48-38)25-7-5-6-22-16-30(43(33(22)25)18-20-8-9-20)35-40-28-15-24(17-31(47-4)34(28)42(35)3)36(45)44-19-23-11-13-29(44)32(23)39/h5-7,10,12,14-17,20,23,29,32H,8-9,11,13,18-19,39H2,1-4H3,(H,41,46)/t23-,29+,32?/m0/s1. The van der Waals surface area contributed by atoms with E-state index in [0.717, 1.165) is 75.2 Å². The van der Waals surface area contributed by atoms with E-state index in [1.807, 2.05) is 44.0 Å². The van der Waals surface area contributed by atoms with E-state index in [2.05, 4.69) is 50.8 Å². The fraction of sp³-hybridized carbons (Fsp3) is 0.395. The number of fused-ring (bicyclic) bond motifs is 5. The van der Waals surface area contributed by atoms with Crippen LogP contribution in [0.3, 0.4) is 0 Å². The highest BCUT2D eigenvalue weighted by Gasteiger charge is 2.47. The van der Waals surface area contributed by atoms with E-state index in [-0.39, 0.29) is 18.0 Å². The number of nitrogens with one attached hydrogen (secondary N) is 1. The summed E-state index contributed by atoms with van der Waals surface area (Å²) in [7, 11) is 3.67. The molecular formula is C38H40N6O4. The van der Waals surface area contributed by atoms with Gasteiger partial charge in [0.05, 0.1) is 29.5 Å². The molecule has 4 aliphatic rings. The van der Waals surface area contributed by atoms with Crippen LogP contribution in [0.4, 0.5) is 10.5 Å². The number of aromatic nitrogens is 3. The summed E-state index contributed by atoms with van der Waals surface area (Å²) >= 11 is 0. The molecule has 4 heterocycles. The summed E-state index contributed by atoms with van der Waals surface area (Å²) in [6.07, 6.45) is 4.03. The predicted molar refractivity (Wildman–Crippen MR) is 185 cm³/mol. The summed E-state index contributed by atoms with van der Waals surface area (Å²) in [4.78, 5) is 33.2. The largest absolute Gasteiger partial charge is 0.494 e. The number of hydrogen-bond donors (Lipinski definition) is 2. The summed E-state index contributed by atoms with van der Waals surface area (Å²) in [5.74, 6) is 2.43. The molecule has 48 heavy (non-hydrogen) atoms. The van der Waals surface area contributed by atoms with Gasteiger partial charge in [0.15, 0.2) is 5.82 Å². The monoisotopic (exact) mass is 644 g/mol. The molecule has 2 saturated carbocycles. The van der Waals surface area contributed by atoms with Crippen LogP contribution in [0.25, 0.3) is 44.6 Å². The molecule has 2 aliphatic carbocycles. The molecule has 3 N–H and O–H groups in total. The number of hydrogen-bond acceptors (Lipinski definition) is 6. The first-order valence-electron chi connectivity index (χ1n) is 17.0. The third-order valence-electron chi connectivity index (χ3n) is 11.2. The Bertz CT molecular complexity index is 2170. The fourth-order valence-corrected chi connectivity index (χ4v) is 8.50. The number of anilines is 1. The number of benzene rings is 3. The van der Waals surface area contributed by atoms with E-state index in [9.17, 15) is 9.59 Å². The summed E-state index contributed by atoms with van der Waals surface area (Å²) in [6.45, 7) is 5.44. The molecule has 2 aromatic heterocycles. The van der Waals surface area contributed by atoms with Crippen molar-refractivity contribution in [2.24, 2.45) is 24.6 Å². The van der Waals surface area contributed by atoms with E-state index >= 15 is 0 Å². The molecule has 2 amide bonds. The lowest BCUT2D eigenvalue weighted by Crippen LogP contribution is -2.41. The summed E-state index contributed by atoms with van der Waals surface area (Å²) in [6, 6.07) is 18.8. The highest BCUT2D eigenvalue weighted by molar-refractivity contribution is 6.02. The second-order valence-electron chi connectivity index (χ2n) is 14.6. The van der Waals surface area contributed by atoms with Crippen LogP contribution in [0, 0.1) is 11.8 Å². The number of amides is 2. The van der Waals surface area contributed by atoms with Crippen LogP contribution in [-0.4, -0.2) is 56.8 Å². The Hall–Kier alpha value is -4.83. The highest BCUT2D eigenvalue weighted by atomic mass is 16.6. The van der Waals surface area contributed by atoms with Crippen LogP contribution >= 0.6 is 0 Å². The number of nitrogens with zero attached hydrogens (tertiary/aromatic N) is 4. The van der Waals surface area contributed by atoms with Crippen LogP contribution in [-0.2, 0) is 23.9 Å². The van der Waals surface area contributed by atoms with Gasteiger partial charge >= 0.3 is 6.09 Å². The van der Waals surface area contributed by atoms with Crippen LogP contribution in [0.5, 0.6) is 5.75 Å². The second kappa shape index (κ2) is 10.3. The zero-order chi connectivity index (χ0) is 33.1. The summed E-state index contributed by atoms with van der Waals surface area (Å²) in [5.41, 5.74) is 13.9.